The van der Waals surface area contributed by atoms with Crippen LogP contribution >= 0.6 is 0 Å². The number of hydrogen-bond acceptors (Lipinski definition) is 4. The zero-order valence-corrected chi connectivity index (χ0v) is 11.2. The molecule has 0 aliphatic carbocycles. The Hall–Kier alpha value is -1.62. The van der Waals surface area contributed by atoms with Crippen LogP contribution in [0, 0.1) is 0 Å². The number of nitrogens with one attached hydrogen (secondary N) is 2. The molecule has 1 aromatic heterocycles. The molecule has 0 bridgehead atoms. The second kappa shape index (κ2) is 6.35. The molecule has 18 heavy (non-hydrogen) atoms. The number of anilines is 2. The van der Waals surface area contributed by atoms with Gasteiger partial charge < -0.3 is 15.7 Å². The van der Waals surface area contributed by atoms with Gasteiger partial charge in [0.2, 0.25) is 5.91 Å². The van der Waals surface area contributed by atoms with Crippen LogP contribution in [0.15, 0.2) is 18.3 Å². The highest BCUT2D eigenvalue weighted by molar-refractivity contribution is 5.90. The van der Waals surface area contributed by atoms with Gasteiger partial charge in [0, 0.05) is 6.42 Å². The third-order valence-electron chi connectivity index (χ3n) is 2.39. The van der Waals surface area contributed by atoms with Gasteiger partial charge in [0.1, 0.15) is 5.82 Å². The SMILES string of the molecule is CCCC(=O)Nc1ccc(NC(C)(C)CO)nc1. The topological polar surface area (TPSA) is 74.2 Å². The van der Waals surface area contributed by atoms with Crippen molar-refractivity contribution in [1.82, 2.24) is 4.98 Å². The normalized spacial score (nSPS) is 11.1. The maximum Gasteiger partial charge on any atom is 0.224 e. The third kappa shape index (κ3) is 4.71. The summed E-state index contributed by atoms with van der Waals surface area (Å²) in [4.78, 5) is 15.6. The molecule has 5 heteroatoms. The molecule has 1 rings (SSSR count). The quantitative estimate of drug-likeness (QED) is 0.723. The lowest BCUT2D eigenvalue weighted by atomic mass is 10.1. The van der Waals surface area contributed by atoms with Crippen molar-refractivity contribution in [2.45, 2.75) is 39.2 Å². The molecule has 1 heterocycles. The van der Waals surface area contributed by atoms with Crippen molar-refractivity contribution in [3.05, 3.63) is 18.3 Å². The summed E-state index contributed by atoms with van der Waals surface area (Å²) in [5.74, 6) is 0.665. The second-order valence-electron chi connectivity index (χ2n) is 4.90. The van der Waals surface area contributed by atoms with Gasteiger partial charge in [0.15, 0.2) is 0 Å². The van der Waals surface area contributed by atoms with Gasteiger partial charge in [0.05, 0.1) is 24.0 Å². The number of carbonyl (C=O) groups is 1. The summed E-state index contributed by atoms with van der Waals surface area (Å²) >= 11 is 0. The van der Waals surface area contributed by atoms with Crippen LogP contribution in [0.1, 0.15) is 33.6 Å². The third-order valence-corrected chi connectivity index (χ3v) is 2.39. The van der Waals surface area contributed by atoms with Crippen molar-refractivity contribution in [3.63, 3.8) is 0 Å². The molecule has 0 fully saturated rings. The molecule has 0 aromatic carbocycles. The van der Waals surface area contributed by atoms with Crippen LogP contribution in [0.5, 0.6) is 0 Å². The molecule has 1 aromatic rings. The van der Waals surface area contributed by atoms with E-state index in [4.69, 9.17) is 5.11 Å². The summed E-state index contributed by atoms with van der Waals surface area (Å²) in [7, 11) is 0. The van der Waals surface area contributed by atoms with Crippen molar-refractivity contribution >= 4 is 17.4 Å². The molecule has 1 amide bonds. The van der Waals surface area contributed by atoms with Crippen molar-refractivity contribution in [2.24, 2.45) is 0 Å². The van der Waals surface area contributed by atoms with Crippen molar-refractivity contribution in [1.29, 1.82) is 0 Å². The van der Waals surface area contributed by atoms with Crippen LogP contribution in [0.4, 0.5) is 11.5 Å². The number of rotatable bonds is 6. The van der Waals surface area contributed by atoms with Gasteiger partial charge in [-0.2, -0.15) is 0 Å². The molecule has 0 aliphatic heterocycles. The Balaban J connectivity index is 2.60. The fourth-order valence-electron chi connectivity index (χ4n) is 1.38. The number of nitrogens with zero attached hydrogens (tertiary/aromatic N) is 1. The van der Waals surface area contributed by atoms with Crippen LogP contribution in [0.3, 0.4) is 0 Å². The molecule has 3 N–H and O–H groups in total. The molecule has 0 atom stereocenters. The minimum atomic E-state index is -0.417. The molecule has 0 aliphatic rings. The van der Waals surface area contributed by atoms with Crippen LogP contribution in [-0.2, 0) is 4.79 Å². The molecular formula is C13H21N3O2. The van der Waals surface area contributed by atoms with Gasteiger partial charge in [-0.15, -0.1) is 0 Å². The predicted octanol–water partition coefficient (Wildman–Crippen LogP) is 2.00. The van der Waals surface area contributed by atoms with Gasteiger partial charge in [-0.3, -0.25) is 4.79 Å². The number of aromatic nitrogens is 1. The number of hydrogen-bond donors (Lipinski definition) is 3. The number of aliphatic hydroxyl groups excluding tert-OH is 1. The predicted molar refractivity (Wildman–Crippen MR) is 72.6 cm³/mol. The highest BCUT2D eigenvalue weighted by Gasteiger charge is 2.15. The highest BCUT2D eigenvalue weighted by Crippen LogP contribution is 2.14. The molecule has 0 saturated heterocycles. The summed E-state index contributed by atoms with van der Waals surface area (Å²) in [5.41, 5.74) is 0.265. The van der Waals surface area contributed by atoms with E-state index in [-0.39, 0.29) is 12.5 Å². The first-order valence-corrected chi connectivity index (χ1v) is 6.12. The van der Waals surface area contributed by atoms with E-state index in [0.29, 0.717) is 17.9 Å². The highest BCUT2D eigenvalue weighted by atomic mass is 16.3. The first kappa shape index (κ1) is 14.4. The zero-order chi connectivity index (χ0) is 13.6. The lowest BCUT2D eigenvalue weighted by molar-refractivity contribution is -0.116. The largest absolute Gasteiger partial charge is 0.394 e. The Labute approximate surface area is 108 Å². The van der Waals surface area contributed by atoms with Gasteiger partial charge in [-0.25, -0.2) is 4.98 Å². The minimum Gasteiger partial charge on any atom is -0.394 e. The van der Waals surface area contributed by atoms with Crippen LogP contribution in [0.2, 0.25) is 0 Å². The number of pyridine rings is 1. The standard InChI is InChI=1S/C13H21N3O2/c1-4-5-12(18)15-10-6-7-11(14-8-10)16-13(2,3)9-17/h6-8,17H,4-5,9H2,1-3H3,(H,14,16)(H,15,18). The summed E-state index contributed by atoms with van der Waals surface area (Å²) in [6.45, 7) is 5.74. The lowest BCUT2D eigenvalue weighted by Crippen LogP contribution is -2.35. The molecule has 0 saturated carbocycles. The summed E-state index contributed by atoms with van der Waals surface area (Å²) in [6.07, 6.45) is 2.94. The van der Waals surface area contributed by atoms with Crippen molar-refractivity contribution in [2.75, 3.05) is 17.2 Å². The van der Waals surface area contributed by atoms with E-state index >= 15 is 0 Å². The second-order valence-corrected chi connectivity index (χ2v) is 4.90. The van der Waals surface area contributed by atoms with Gasteiger partial charge in [-0.05, 0) is 32.4 Å². The maximum absolute atomic E-state index is 11.4. The first-order chi connectivity index (χ1) is 8.46. The number of amides is 1. The van der Waals surface area contributed by atoms with E-state index < -0.39 is 5.54 Å². The van der Waals surface area contributed by atoms with Gasteiger partial charge in [0.25, 0.3) is 0 Å². The van der Waals surface area contributed by atoms with Crippen LogP contribution in [-0.4, -0.2) is 28.1 Å². The van der Waals surface area contributed by atoms with E-state index in [1.807, 2.05) is 20.8 Å². The molecule has 5 nitrogen and oxygen atoms in total. The molecule has 0 unspecified atom stereocenters. The summed E-state index contributed by atoms with van der Waals surface area (Å²) < 4.78 is 0. The fraction of sp³-hybridized carbons (Fsp3) is 0.538. The Morgan fingerprint density at radius 1 is 1.44 bits per heavy atom. The minimum absolute atomic E-state index is 0.00398. The van der Waals surface area contributed by atoms with Crippen LogP contribution in [0.25, 0.3) is 0 Å². The first-order valence-electron chi connectivity index (χ1n) is 6.12. The summed E-state index contributed by atoms with van der Waals surface area (Å²) in [6, 6.07) is 3.56. The zero-order valence-electron chi connectivity index (χ0n) is 11.2. The molecule has 100 valence electrons. The smallest absolute Gasteiger partial charge is 0.224 e. The lowest BCUT2D eigenvalue weighted by Gasteiger charge is -2.24. The summed E-state index contributed by atoms with van der Waals surface area (Å²) in [5, 5.41) is 15.0. The monoisotopic (exact) mass is 251 g/mol. The van der Waals surface area contributed by atoms with Gasteiger partial charge >= 0.3 is 0 Å². The molecule has 0 radical (unpaired) electrons. The number of aliphatic hydroxyl groups is 1. The maximum atomic E-state index is 11.4. The van der Waals surface area contributed by atoms with Crippen LogP contribution < -0.4 is 10.6 Å². The van der Waals surface area contributed by atoms with Gasteiger partial charge in [-0.1, -0.05) is 6.92 Å². The fourth-order valence-corrected chi connectivity index (χ4v) is 1.38. The number of carbonyl (C=O) groups excluding carboxylic acids is 1. The van der Waals surface area contributed by atoms with E-state index in [0.717, 1.165) is 6.42 Å². The molecular weight excluding hydrogens is 230 g/mol. The van der Waals surface area contributed by atoms with E-state index in [1.165, 1.54) is 0 Å². The Bertz CT molecular complexity index is 388. The molecule has 0 spiro atoms. The van der Waals surface area contributed by atoms with E-state index in [1.54, 1.807) is 18.3 Å². The average Bonchev–Trinajstić information content (AvgIpc) is 2.32. The van der Waals surface area contributed by atoms with E-state index in [9.17, 15) is 4.79 Å². The van der Waals surface area contributed by atoms with Crippen molar-refractivity contribution < 1.29 is 9.90 Å². The Kier molecular flexibility index (Phi) is 5.09. The van der Waals surface area contributed by atoms with Crippen molar-refractivity contribution in [3.8, 4) is 0 Å². The van der Waals surface area contributed by atoms with E-state index in [2.05, 4.69) is 15.6 Å². The Morgan fingerprint density at radius 2 is 2.17 bits per heavy atom. The average molecular weight is 251 g/mol. The Morgan fingerprint density at radius 3 is 2.67 bits per heavy atom.